The van der Waals surface area contributed by atoms with Crippen LogP contribution in [0.5, 0.6) is 11.5 Å². The van der Waals surface area contributed by atoms with Gasteiger partial charge >= 0.3 is 0 Å². The fourth-order valence-electron chi connectivity index (χ4n) is 1.83. The van der Waals surface area contributed by atoms with E-state index in [0.717, 1.165) is 20.7 Å². The molecule has 0 saturated carbocycles. The van der Waals surface area contributed by atoms with E-state index in [2.05, 4.69) is 21.2 Å². The second-order valence-corrected chi connectivity index (χ2v) is 6.49. The second kappa shape index (κ2) is 7.31. The molecule has 1 N–H and O–H groups in total. The summed E-state index contributed by atoms with van der Waals surface area (Å²) in [4.78, 5) is 1.14. The summed E-state index contributed by atoms with van der Waals surface area (Å²) in [5.41, 5.74) is 0.979. The van der Waals surface area contributed by atoms with Crippen molar-refractivity contribution in [2.45, 2.75) is 13.2 Å². The van der Waals surface area contributed by atoms with E-state index in [1.807, 2.05) is 24.6 Å². The highest BCUT2D eigenvalue weighted by atomic mass is 79.9. The average molecular weight is 377 g/mol. The zero-order chi connectivity index (χ0) is 14.5. The first-order chi connectivity index (χ1) is 9.63. The first-order valence-electron chi connectivity index (χ1n) is 6.00. The van der Waals surface area contributed by atoms with Crippen molar-refractivity contribution in [1.29, 1.82) is 0 Å². The molecule has 1 heterocycles. The van der Waals surface area contributed by atoms with Gasteiger partial charge in [-0.2, -0.15) is 0 Å². The number of hydrogen-bond acceptors (Lipinski definition) is 4. The molecule has 2 rings (SSSR count). The van der Waals surface area contributed by atoms with Crippen molar-refractivity contribution >= 4 is 38.9 Å². The van der Waals surface area contributed by atoms with Crippen molar-refractivity contribution in [2.24, 2.45) is 0 Å². The van der Waals surface area contributed by atoms with Crippen molar-refractivity contribution < 1.29 is 9.47 Å². The molecule has 0 aliphatic rings. The molecule has 0 spiro atoms. The van der Waals surface area contributed by atoms with Crippen LogP contribution >= 0.6 is 38.9 Å². The Kier molecular flexibility index (Phi) is 5.72. The summed E-state index contributed by atoms with van der Waals surface area (Å²) >= 11 is 11.2. The minimum absolute atomic E-state index is 0.505. The van der Waals surface area contributed by atoms with Gasteiger partial charge in [0.05, 0.1) is 7.11 Å². The summed E-state index contributed by atoms with van der Waals surface area (Å²) in [5, 5.41) is 5.78. The molecule has 0 fully saturated rings. The van der Waals surface area contributed by atoms with Gasteiger partial charge in [0.1, 0.15) is 6.61 Å². The van der Waals surface area contributed by atoms with Crippen LogP contribution in [0.2, 0.25) is 5.02 Å². The average Bonchev–Trinajstić information content (AvgIpc) is 2.83. The molecule has 0 aliphatic heterocycles. The normalized spacial score (nSPS) is 10.6. The van der Waals surface area contributed by atoms with Gasteiger partial charge in [0, 0.05) is 37.9 Å². The fourth-order valence-corrected chi connectivity index (χ4v) is 3.43. The Morgan fingerprint density at radius 2 is 2.15 bits per heavy atom. The molecule has 0 atom stereocenters. The first-order valence-corrected chi connectivity index (χ1v) is 8.05. The molecule has 20 heavy (non-hydrogen) atoms. The van der Waals surface area contributed by atoms with Gasteiger partial charge in [-0.25, -0.2) is 0 Å². The van der Waals surface area contributed by atoms with E-state index in [-0.39, 0.29) is 0 Å². The van der Waals surface area contributed by atoms with E-state index < -0.39 is 0 Å². The molecular weight excluding hydrogens is 362 g/mol. The highest BCUT2D eigenvalue weighted by Crippen LogP contribution is 2.35. The molecule has 2 aromatic rings. The summed E-state index contributed by atoms with van der Waals surface area (Å²) in [6.07, 6.45) is 0. The Morgan fingerprint density at radius 3 is 2.75 bits per heavy atom. The molecule has 0 amide bonds. The maximum atomic E-state index is 6.09. The molecule has 0 aliphatic carbocycles. The topological polar surface area (TPSA) is 30.5 Å². The van der Waals surface area contributed by atoms with Crippen molar-refractivity contribution in [3.8, 4) is 11.5 Å². The number of nitrogens with one attached hydrogen (secondary N) is 1. The summed E-state index contributed by atoms with van der Waals surface area (Å²) in [7, 11) is 3.50. The van der Waals surface area contributed by atoms with Gasteiger partial charge in [-0.3, -0.25) is 0 Å². The predicted molar refractivity (Wildman–Crippen MR) is 87.1 cm³/mol. The summed E-state index contributed by atoms with van der Waals surface area (Å²) < 4.78 is 12.4. The fraction of sp³-hybridized carbons (Fsp3) is 0.286. The quantitative estimate of drug-likeness (QED) is 0.807. The molecular formula is C14H15BrClNO2S. The van der Waals surface area contributed by atoms with E-state index in [1.54, 1.807) is 24.5 Å². The number of hydrogen-bond donors (Lipinski definition) is 1. The van der Waals surface area contributed by atoms with Gasteiger partial charge in [0.25, 0.3) is 0 Å². The zero-order valence-electron chi connectivity index (χ0n) is 11.2. The van der Waals surface area contributed by atoms with Crippen LogP contribution in [0.4, 0.5) is 0 Å². The van der Waals surface area contributed by atoms with Crippen LogP contribution < -0.4 is 14.8 Å². The van der Waals surface area contributed by atoms with Crippen LogP contribution in [0, 0.1) is 0 Å². The molecule has 0 radical (unpaired) electrons. The molecule has 1 aromatic carbocycles. The van der Waals surface area contributed by atoms with Crippen LogP contribution in [0.15, 0.2) is 28.1 Å². The Bertz CT molecular complexity index is 589. The van der Waals surface area contributed by atoms with Crippen molar-refractivity contribution in [1.82, 2.24) is 5.32 Å². The summed E-state index contributed by atoms with van der Waals surface area (Å²) in [6.45, 7) is 1.17. The molecule has 6 heteroatoms. The van der Waals surface area contributed by atoms with Crippen LogP contribution in [0.1, 0.15) is 10.4 Å². The Balaban J connectivity index is 2.23. The van der Waals surface area contributed by atoms with E-state index >= 15 is 0 Å². The lowest BCUT2D eigenvalue weighted by Crippen LogP contribution is -2.08. The summed E-state index contributed by atoms with van der Waals surface area (Å²) in [6, 6.07) is 5.70. The zero-order valence-corrected chi connectivity index (χ0v) is 14.4. The highest BCUT2D eigenvalue weighted by Gasteiger charge is 2.13. The van der Waals surface area contributed by atoms with E-state index in [0.29, 0.717) is 23.9 Å². The first kappa shape index (κ1) is 15.6. The standard InChI is InChI=1S/C14H15BrClNO2S/c1-17-6-9-3-11(16)5-13(18-2)14(9)19-7-12-4-10(15)8-20-12/h3-5,8,17H,6-7H2,1-2H3. The van der Waals surface area contributed by atoms with E-state index in [9.17, 15) is 0 Å². The predicted octanol–water partition coefficient (Wildman–Crippen LogP) is 4.47. The van der Waals surface area contributed by atoms with Gasteiger partial charge in [-0.05, 0) is 35.1 Å². The lowest BCUT2D eigenvalue weighted by molar-refractivity contribution is 0.283. The second-order valence-electron chi connectivity index (χ2n) is 4.15. The number of methoxy groups -OCH3 is 1. The SMILES string of the molecule is CNCc1cc(Cl)cc(OC)c1OCc1cc(Br)cs1. The Labute approximate surface area is 136 Å². The lowest BCUT2D eigenvalue weighted by atomic mass is 10.2. The van der Waals surface area contributed by atoms with Crippen LogP contribution in [-0.2, 0) is 13.2 Å². The Hall–Kier alpha value is -0.750. The van der Waals surface area contributed by atoms with Gasteiger partial charge in [-0.1, -0.05) is 11.6 Å². The molecule has 3 nitrogen and oxygen atoms in total. The van der Waals surface area contributed by atoms with Crippen LogP contribution in [0.25, 0.3) is 0 Å². The smallest absolute Gasteiger partial charge is 0.166 e. The number of rotatable bonds is 6. The van der Waals surface area contributed by atoms with Crippen LogP contribution in [0.3, 0.4) is 0 Å². The minimum atomic E-state index is 0.505. The monoisotopic (exact) mass is 375 g/mol. The van der Waals surface area contributed by atoms with Gasteiger partial charge < -0.3 is 14.8 Å². The maximum absolute atomic E-state index is 6.09. The number of halogens is 2. The third-order valence-corrected chi connectivity index (χ3v) is 4.55. The number of thiophene rings is 1. The van der Waals surface area contributed by atoms with Gasteiger partial charge in [-0.15, -0.1) is 11.3 Å². The maximum Gasteiger partial charge on any atom is 0.166 e. The third kappa shape index (κ3) is 3.88. The molecule has 0 saturated heterocycles. The van der Waals surface area contributed by atoms with Crippen LogP contribution in [-0.4, -0.2) is 14.2 Å². The number of ether oxygens (including phenoxy) is 2. The van der Waals surface area contributed by atoms with Gasteiger partial charge in [0.2, 0.25) is 0 Å². The molecule has 108 valence electrons. The number of benzene rings is 1. The van der Waals surface area contributed by atoms with Gasteiger partial charge in [0.15, 0.2) is 11.5 Å². The molecule has 1 aromatic heterocycles. The lowest BCUT2D eigenvalue weighted by Gasteiger charge is -2.15. The van der Waals surface area contributed by atoms with Crippen molar-refractivity contribution in [2.75, 3.05) is 14.2 Å². The van der Waals surface area contributed by atoms with Crippen molar-refractivity contribution in [3.05, 3.63) is 43.5 Å². The largest absolute Gasteiger partial charge is 0.493 e. The molecule has 0 unspecified atom stereocenters. The van der Waals surface area contributed by atoms with Crippen molar-refractivity contribution in [3.63, 3.8) is 0 Å². The minimum Gasteiger partial charge on any atom is -0.493 e. The highest BCUT2D eigenvalue weighted by molar-refractivity contribution is 9.10. The Morgan fingerprint density at radius 1 is 1.35 bits per heavy atom. The van der Waals surface area contributed by atoms with E-state index in [1.165, 1.54) is 0 Å². The molecule has 0 bridgehead atoms. The summed E-state index contributed by atoms with van der Waals surface area (Å²) in [5.74, 6) is 1.38. The third-order valence-electron chi connectivity index (χ3n) is 2.66. The van der Waals surface area contributed by atoms with E-state index in [4.69, 9.17) is 21.1 Å².